The lowest BCUT2D eigenvalue weighted by Gasteiger charge is -2.10. The summed E-state index contributed by atoms with van der Waals surface area (Å²) in [5.41, 5.74) is 1.51. The maximum Gasteiger partial charge on any atom is 0.262 e. The molecular weight excluding hydrogens is 559 g/mol. The van der Waals surface area contributed by atoms with E-state index in [-0.39, 0.29) is 0 Å². The standard InChI is InChI=1S/C28H26Cl2N4O4S/c1-3-5-15-35-21-22(36-16-6-4-2)24(28-34-32-26(38-28)18-9-13-20(30)14-10-18)39-23(21)27-33-31-25(37-27)17-7-11-19(29)12-8-17/h7-14H,3-6,15-16H2,1-2H3. The molecule has 0 amide bonds. The Morgan fingerprint density at radius 2 is 1.00 bits per heavy atom. The van der Waals surface area contributed by atoms with Crippen LogP contribution >= 0.6 is 34.5 Å². The van der Waals surface area contributed by atoms with Gasteiger partial charge in [0.25, 0.3) is 11.8 Å². The summed E-state index contributed by atoms with van der Waals surface area (Å²) in [5.74, 6) is 2.40. The zero-order valence-corrected chi connectivity index (χ0v) is 23.8. The molecule has 2 aromatic carbocycles. The van der Waals surface area contributed by atoms with Gasteiger partial charge >= 0.3 is 0 Å². The van der Waals surface area contributed by atoms with E-state index >= 15 is 0 Å². The first kappa shape index (κ1) is 27.2. The maximum atomic E-state index is 6.27. The first-order valence-electron chi connectivity index (χ1n) is 12.7. The monoisotopic (exact) mass is 584 g/mol. The molecule has 0 saturated carbocycles. The normalized spacial score (nSPS) is 11.2. The van der Waals surface area contributed by atoms with Gasteiger partial charge < -0.3 is 18.3 Å². The van der Waals surface area contributed by atoms with E-state index in [0.29, 0.717) is 68.1 Å². The summed E-state index contributed by atoms with van der Waals surface area (Å²) >= 11 is 13.4. The van der Waals surface area contributed by atoms with Crippen LogP contribution in [0.1, 0.15) is 39.5 Å². The lowest BCUT2D eigenvalue weighted by atomic mass is 10.2. The van der Waals surface area contributed by atoms with E-state index in [1.54, 1.807) is 24.3 Å². The summed E-state index contributed by atoms with van der Waals surface area (Å²) in [4.78, 5) is 1.26. The van der Waals surface area contributed by atoms with Crippen molar-refractivity contribution in [3.8, 4) is 55.9 Å². The molecule has 3 heterocycles. The second-order valence-electron chi connectivity index (χ2n) is 8.66. The van der Waals surface area contributed by atoms with Crippen molar-refractivity contribution in [2.75, 3.05) is 13.2 Å². The highest BCUT2D eigenvalue weighted by atomic mass is 35.5. The van der Waals surface area contributed by atoms with Gasteiger partial charge in [-0.2, -0.15) is 0 Å². The summed E-state index contributed by atoms with van der Waals surface area (Å²) in [7, 11) is 0. The number of hydrogen-bond donors (Lipinski definition) is 0. The lowest BCUT2D eigenvalue weighted by molar-refractivity contribution is 0.265. The van der Waals surface area contributed by atoms with Gasteiger partial charge in [0, 0.05) is 21.2 Å². The third-order valence-corrected chi connectivity index (χ3v) is 7.36. The van der Waals surface area contributed by atoms with E-state index in [2.05, 4.69) is 34.2 Å². The Kier molecular flexibility index (Phi) is 8.81. The largest absolute Gasteiger partial charge is 0.488 e. The van der Waals surface area contributed by atoms with Gasteiger partial charge in [-0.25, -0.2) is 0 Å². The van der Waals surface area contributed by atoms with Crippen molar-refractivity contribution >= 4 is 34.5 Å². The van der Waals surface area contributed by atoms with Crippen LogP contribution in [0.25, 0.3) is 44.4 Å². The van der Waals surface area contributed by atoms with E-state index in [1.807, 2.05) is 24.3 Å². The molecule has 0 fully saturated rings. The van der Waals surface area contributed by atoms with Crippen LogP contribution in [-0.4, -0.2) is 33.6 Å². The minimum atomic E-state index is 0.306. The topological polar surface area (TPSA) is 96.3 Å². The predicted octanol–water partition coefficient (Wildman–Crippen LogP) is 8.85. The second-order valence-corrected chi connectivity index (χ2v) is 10.6. The number of hydrogen-bond acceptors (Lipinski definition) is 9. The molecule has 0 aliphatic heterocycles. The number of nitrogens with zero attached hydrogens (tertiary/aromatic N) is 4. The summed E-state index contributed by atoms with van der Waals surface area (Å²) in [6.45, 7) is 5.22. The Balaban J connectivity index is 1.57. The summed E-state index contributed by atoms with van der Waals surface area (Å²) in [6.07, 6.45) is 3.71. The molecule has 8 nitrogen and oxygen atoms in total. The van der Waals surface area contributed by atoms with Crippen molar-refractivity contribution in [2.24, 2.45) is 0 Å². The van der Waals surface area contributed by atoms with E-state index in [9.17, 15) is 0 Å². The first-order chi connectivity index (χ1) is 19.1. The highest BCUT2D eigenvalue weighted by molar-refractivity contribution is 7.19. The SMILES string of the molecule is CCCCOc1c(-c2nnc(-c3ccc(Cl)cc3)o2)sc(-c2nnc(-c3ccc(Cl)cc3)o2)c1OCCCC. The lowest BCUT2D eigenvalue weighted by Crippen LogP contribution is -2.02. The summed E-state index contributed by atoms with van der Waals surface area (Å²) in [5, 5.41) is 18.4. The average molecular weight is 586 g/mol. The first-order valence-corrected chi connectivity index (χ1v) is 14.3. The Bertz CT molecular complexity index is 1400. The van der Waals surface area contributed by atoms with Crippen LogP contribution in [0.5, 0.6) is 11.5 Å². The zero-order valence-electron chi connectivity index (χ0n) is 21.4. The molecule has 5 aromatic rings. The Morgan fingerprint density at radius 3 is 1.38 bits per heavy atom. The highest BCUT2D eigenvalue weighted by Crippen LogP contribution is 2.52. The van der Waals surface area contributed by atoms with Gasteiger partial charge in [-0.1, -0.05) is 49.9 Å². The number of rotatable bonds is 12. The van der Waals surface area contributed by atoms with Crippen LogP contribution in [0.2, 0.25) is 10.0 Å². The van der Waals surface area contributed by atoms with Crippen molar-refractivity contribution in [2.45, 2.75) is 39.5 Å². The molecule has 0 saturated heterocycles. The molecule has 202 valence electrons. The molecule has 3 aromatic heterocycles. The van der Waals surface area contributed by atoms with E-state index in [1.165, 1.54) is 11.3 Å². The smallest absolute Gasteiger partial charge is 0.262 e. The molecule has 0 atom stereocenters. The second kappa shape index (κ2) is 12.6. The third kappa shape index (κ3) is 6.27. The van der Waals surface area contributed by atoms with Crippen molar-refractivity contribution in [1.29, 1.82) is 0 Å². The van der Waals surface area contributed by atoms with Crippen molar-refractivity contribution in [1.82, 2.24) is 20.4 Å². The van der Waals surface area contributed by atoms with Crippen LogP contribution in [-0.2, 0) is 0 Å². The average Bonchev–Trinajstić information content (AvgIpc) is 3.69. The molecule has 0 spiro atoms. The maximum absolute atomic E-state index is 6.27. The third-order valence-electron chi connectivity index (χ3n) is 5.73. The molecule has 39 heavy (non-hydrogen) atoms. The number of thiophene rings is 1. The zero-order chi connectivity index (χ0) is 27.2. The molecular formula is C28H26Cl2N4O4S. The minimum absolute atomic E-state index is 0.306. The number of aromatic nitrogens is 4. The highest BCUT2D eigenvalue weighted by Gasteiger charge is 2.30. The van der Waals surface area contributed by atoms with E-state index in [4.69, 9.17) is 41.5 Å². The molecule has 0 aliphatic rings. The van der Waals surface area contributed by atoms with Gasteiger partial charge in [0.1, 0.15) is 9.75 Å². The Hall–Kier alpha value is -3.40. The van der Waals surface area contributed by atoms with Crippen LogP contribution in [0.4, 0.5) is 0 Å². The van der Waals surface area contributed by atoms with Gasteiger partial charge in [0.05, 0.1) is 13.2 Å². The molecule has 11 heteroatoms. The molecule has 0 unspecified atom stereocenters. The number of ether oxygens (including phenoxy) is 2. The molecule has 0 radical (unpaired) electrons. The summed E-state index contributed by atoms with van der Waals surface area (Å²) in [6, 6.07) is 14.4. The fraction of sp³-hybridized carbons (Fsp3) is 0.286. The van der Waals surface area contributed by atoms with Crippen LogP contribution in [0.3, 0.4) is 0 Å². The summed E-state index contributed by atoms with van der Waals surface area (Å²) < 4.78 is 24.7. The molecule has 0 bridgehead atoms. The van der Waals surface area contributed by atoms with E-state index in [0.717, 1.165) is 36.8 Å². The number of benzene rings is 2. The van der Waals surface area contributed by atoms with Gasteiger partial charge in [-0.3, -0.25) is 0 Å². The molecule has 0 aliphatic carbocycles. The van der Waals surface area contributed by atoms with Gasteiger partial charge in [-0.05, 0) is 61.4 Å². The predicted molar refractivity (Wildman–Crippen MR) is 153 cm³/mol. The fourth-order valence-electron chi connectivity index (χ4n) is 3.63. The Labute approximate surface area is 239 Å². The van der Waals surface area contributed by atoms with Gasteiger partial charge in [0.2, 0.25) is 11.8 Å². The number of halogens is 2. The molecule has 5 rings (SSSR count). The van der Waals surface area contributed by atoms with Crippen LogP contribution in [0.15, 0.2) is 57.4 Å². The quantitative estimate of drug-likeness (QED) is 0.134. The van der Waals surface area contributed by atoms with Gasteiger partial charge in [0.15, 0.2) is 11.5 Å². The van der Waals surface area contributed by atoms with Crippen molar-refractivity contribution in [3.05, 3.63) is 58.6 Å². The van der Waals surface area contributed by atoms with Crippen LogP contribution in [0, 0.1) is 0 Å². The number of unbranched alkanes of at least 4 members (excludes halogenated alkanes) is 2. The van der Waals surface area contributed by atoms with E-state index < -0.39 is 0 Å². The minimum Gasteiger partial charge on any atom is -0.488 e. The van der Waals surface area contributed by atoms with Gasteiger partial charge in [-0.15, -0.1) is 31.7 Å². The van der Waals surface area contributed by atoms with Crippen molar-refractivity contribution in [3.63, 3.8) is 0 Å². The molecule has 0 N–H and O–H groups in total. The Morgan fingerprint density at radius 1 is 0.615 bits per heavy atom. The van der Waals surface area contributed by atoms with Crippen LogP contribution < -0.4 is 9.47 Å². The fourth-order valence-corrected chi connectivity index (χ4v) is 4.91. The van der Waals surface area contributed by atoms with Crippen molar-refractivity contribution < 1.29 is 18.3 Å².